The lowest BCUT2D eigenvalue weighted by Gasteiger charge is -2.05. The number of aromatic nitrogens is 1. The van der Waals surface area contributed by atoms with Crippen LogP contribution in [0, 0.1) is 18.3 Å². The Morgan fingerprint density at radius 3 is 3.00 bits per heavy atom. The van der Waals surface area contributed by atoms with E-state index in [1.54, 1.807) is 19.9 Å². The SMILES string of the molecule is CCOC(=O)Cc1nccc(C#N)c1C. The van der Waals surface area contributed by atoms with Gasteiger partial charge in [0.2, 0.25) is 0 Å². The molecule has 0 N–H and O–H groups in total. The van der Waals surface area contributed by atoms with E-state index in [1.807, 2.05) is 6.07 Å². The molecule has 0 aliphatic carbocycles. The molecule has 0 saturated carbocycles. The summed E-state index contributed by atoms with van der Waals surface area (Å²) in [6, 6.07) is 3.68. The molecular weight excluding hydrogens is 192 g/mol. The van der Waals surface area contributed by atoms with Crippen LogP contribution >= 0.6 is 0 Å². The van der Waals surface area contributed by atoms with Crippen LogP contribution in [0.4, 0.5) is 0 Å². The van der Waals surface area contributed by atoms with E-state index < -0.39 is 0 Å². The number of rotatable bonds is 3. The third kappa shape index (κ3) is 2.78. The maximum absolute atomic E-state index is 11.2. The average molecular weight is 204 g/mol. The molecule has 0 aliphatic rings. The molecule has 78 valence electrons. The van der Waals surface area contributed by atoms with Crippen LogP contribution in [0.25, 0.3) is 0 Å². The Labute approximate surface area is 88.5 Å². The number of esters is 1. The first-order chi connectivity index (χ1) is 7.19. The van der Waals surface area contributed by atoms with Crippen molar-refractivity contribution in [3.8, 4) is 6.07 Å². The highest BCUT2D eigenvalue weighted by Crippen LogP contribution is 2.10. The second-order valence-electron chi connectivity index (χ2n) is 3.02. The Morgan fingerprint density at radius 2 is 2.40 bits per heavy atom. The van der Waals surface area contributed by atoms with Crippen LogP contribution < -0.4 is 0 Å². The predicted molar refractivity (Wildman–Crippen MR) is 54.0 cm³/mol. The molecule has 1 aromatic rings. The minimum absolute atomic E-state index is 0.120. The number of pyridine rings is 1. The number of carbonyl (C=O) groups is 1. The fourth-order valence-corrected chi connectivity index (χ4v) is 1.23. The highest BCUT2D eigenvalue weighted by Gasteiger charge is 2.10. The maximum Gasteiger partial charge on any atom is 0.311 e. The molecule has 0 aliphatic heterocycles. The molecule has 1 rings (SSSR count). The third-order valence-corrected chi connectivity index (χ3v) is 2.05. The number of nitrogens with zero attached hydrogens (tertiary/aromatic N) is 2. The molecule has 4 nitrogen and oxygen atoms in total. The van der Waals surface area contributed by atoms with Gasteiger partial charge in [-0.3, -0.25) is 9.78 Å². The Balaban J connectivity index is 2.87. The fraction of sp³-hybridized carbons (Fsp3) is 0.364. The molecule has 0 unspecified atom stereocenters. The topological polar surface area (TPSA) is 63.0 Å². The summed E-state index contributed by atoms with van der Waals surface area (Å²) >= 11 is 0. The van der Waals surface area contributed by atoms with Crippen LogP contribution in [0.15, 0.2) is 12.3 Å². The van der Waals surface area contributed by atoms with E-state index in [9.17, 15) is 4.79 Å². The molecule has 0 aromatic carbocycles. The molecule has 0 atom stereocenters. The highest BCUT2D eigenvalue weighted by atomic mass is 16.5. The van der Waals surface area contributed by atoms with Crippen molar-refractivity contribution in [3.05, 3.63) is 29.1 Å². The zero-order valence-corrected chi connectivity index (χ0v) is 8.78. The van der Waals surface area contributed by atoms with Crippen molar-refractivity contribution in [2.75, 3.05) is 6.61 Å². The lowest BCUT2D eigenvalue weighted by Crippen LogP contribution is -2.10. The van der Waals surface area contributed by atoms with Gasteiger partial charge in [0.15, 0.2) is 0 Å². The van der Waals surface area contributed by atoms with Gasteiger partial charge in [-0.25, -0.2) is 0 Å². The summed E-state index contributed by atoms with van der Waals surface area (Å²) in [7, 11) is 0. The zero-order chi connectivity index (χ0) is 11.3. The molecule has 1 aromatic heterocycles. The van der Waals surface area contributed by atoms with E-state index in [0.717, 1.165) is 5.56 Å². The Morgan fingerprint density at radius 1 is 1.67 bits per heavy atom. The minimum atomic E-state index is -0.316. The van der Waals surface area contributed by atoms with Gasteiger partial charge >= 0.3 is 5.97 Å². The zero-order valence-electron chi connectivity index (χ0n) is 8.78. The summed E-state index contributed by atoms with van der Waals surface area (Å²) in [6.07, 6.45) is 1.65. The first-order valence-electron chi connectivity index (χ1n) is 4.69. The summed E-state index contributed by atoms with van der Waals surface area (Å²) in [4.78, 5) is 15.3. The first kappa shape index (κ1) is 11.2. The van der Waals surface area contributed by atoms with E-state index >= 15 is 0 Å². The van der Waals surface area contributed by atoms with E-state index in [-0.39, 0.29) is 12.4 Å². The van der Waals surface area contributed by atoms with Gasteiger partial charge in [0.05, 0.1) is 30.4 Å². The van der Waals surface area contributed by atoms with Crippen LogP contribution in [-0.2, 0) is 16.0 Å². The quantitative estimate of drug-likeness (QED) is 0.697. The summed E-state index contributed by atoms with van der Waals surface area (Å²) in [5, 5.41) is 8.79. The Kier molecular flexibility index (Phi) is 3.81. The molecule has 4 heteroatoms. The average Bonchev–Trinajstić information content (AvgIpc) is 2.21. The van der Waals surface area contributed by atoms with E-state index in [0.29, 0.717) is 17.9 Å². The summed E-state index contributed by atoms with van der Waals surface area (Å²) in [6.45, 7) is 3.89. The standard InChI is InChI=1S/C11H12N2O2/c1-3-15-11(14)6-10-8(2)9(7-12)4-5-13-10/h4-5H,3,6H2,1-2H3. The van der Waals surface area contributed by atoms with Crippen molar-refractivity contribution >= 4 is 5.97 Å². The van der Waals surface area contributed by atoms with Crippen molar-refractivity contribution in [3.63, 3.8) is 0 Å². The second-order valence-corrected chi connectivity index (χ2v) is 3.02. The van der Waals surface area contributed by atoms with Crippen molar-refractivity contribution in [2.45, 2.75) is 20.3 Å². The Bertz CT molecular complexity index is 408. The molecule has 0 amide bonds. The molecule has 0 fully saturated rings. The highest BCUT2D eigenvalue weighted by molar-refractivity contribution is 5.72. The molecule has 0 radical (unpaired) electrons. The monoisotopic (exact) mass is 204 g/mol. The van der Waals surface area contributed by atoms with E-state index in [1.165, 1.54) is 6.20 Å². The van der Waals surface area contributed by atoms with Crippen molar-refractivity contribution in [2.24, 2.45) is 0 Å². The largest absolute Gasteiger partial charge is 0.466 e. The van der Waals surface area contributed by atoms with Gasteiger partial charge in [-0.1, -0.05) is 0 Å². The molecular formula is C11H12N2O2. The second kappa shape index (κ2) is 5.11. The fourth-order valence-electron chi connectivity index (χ4n) is 1.23. The van der Waals surface area contributed by atoms with Gasteiger partial charge in [0, 0.05) is 6.20 Å². The molecule has 0 saturated heterocycles. The lowest BCUT2D eigenvalue weighted by atomic mass is 10.1. The Hall–Kier alpha value is -1.89. The van der Waals surface area contributed by atoms with Crippen LogP contribution in [0.1, 0.15) is 23.7 Å². The normalized spacial score (nSPS) is 9.40. The molecule has 0 spiro atoms. The van der Waals surface area contributed by atoms with Crippen molar-refractivity contribution in [1.82, 2.24) is 4.98 Å². The van der Waals surface area contributed by atoms with Crippen LogP contribution in [-0.4, -0.2) is 17.6 Å². The maximum atomic E-state index is 11.2. The predicted octanol–water partition coefficient (Wildman–Crippen LogP) is 1.37. The van der Waals surface area contributed by atoms with Crippen molar-refractivity contribution in [1.29, 1.82) is 5.26 Å². The summed E-state index contributed by atoms with van der Waals surface area (Å²) in [5.74, 6) is -0.316. The lowest BCUT2D eigenvalue weighted by molar-refractivity contribution is -0.142. The number of hydrogen-bond acceptors (Lipinski definition) is 4. The summed E-state index contributed by atoms with van der Waals surface area (Å²) < 4.78 is 4.81. The van der Waals surface area contributed by atoms with Crippen LogP contribution in [0.5, 0.6) is 0 Å². The number of nitriles is 1. The van der Waals surface area contributed by atoms with Gasteiger partial charge in [-0.15, -0.1) is 0 Å². The number of carbonyl (C=O) groups excluding carboxylic acids is 1. The summed E-state index contributed by atoms with van der Waals surface area (Å²) in [5.41, 5.74) is 1.89. The minimum Gasteiger partial charge on any atom is -0.466 e. The van der Waals surface area contributed by atoms with Crippen molar-refractivity contribution < 1.29 is 9.53 Å². The van der Waals surface area contributed by atoms with Gasteiger partial charge in [0.1, 0.15) is 0 Å². The van der Waals surface area contributed by atoms with Gasteiger partial charge in [-0.05, 0) is 25.5 Å². The molecule has 15 heavy (non-hydrogen) atoms. The number of ether oxygens (including phenoxy) is 1. The molecule has 0 bridgehead atoms. The van der Waals surface area contributed by atoms with Gasteiger partial charge in [-0.2, -0.15) is 5.26 Å². The van der Waals surface area contributed by atoms with Gasteiger partial charge < -0.3 is 4.74 Å². The third-order valence-electron chi connectivity index (χ3n) is 2.05. The van der Waals surface area contributed by atoms with E-state index in [4.69, 9.17) is 10.00 Å². The first-order valence-corrected chi connectivity index (χ1v) is 4.69. The smallest absolute Gasteiger partial charge is 0.311 e. The van der Waals surface area contributed by atoms with Gasteiger partial charge in [0.25, 0.3) is 0 Å². The molecule has 1 heterocycles. The van der Waals surface area contributed by atoms with Crippen LogP contribution in [0.2, 0.25) is 0 Å². The van der Waals surface area contributed by atoms with E-state index in [2.05, 4.69) is 4.98 Å². The van der Waals surface area contributed by atoms with Crippen LogP contribution in [0.3, 0.4) is 0 Å². The number of hydrogen-bond donors (Lipinski definition) is 0.